The minimum atomic E-state index is 0. The van der Waals surface area contributed by atoms with Gasteiger partial charge in [0.15, 0.2) is 5.96 Å². The maximum atomic E-state index is 5.93. The molecule has 0 unspecified atom stereocenters. The summed E-state index contributed by atoms with van der Waals surface area (Å²) in [7, 11) is 1.78. The number of benzene rings is 1. The highest BCUT2D eigenvalue weighted by atomic mass is 127. The Bertz CT molecular complexity index is 578. The summed E-state index contributed by atoms with van der Waals surface area (Å²) >= 11 is 0. The maximum absolute atomic E-state index is 5.93. The Balaban J connectivity index is 0.00000420. The molecule has 1 aromatic rings. The SMILES string of the molecule is CN=C(NCCCOCC1CCOCC1)NCCOc1ccccc1C(C)C.I. The number of nitrogens with one attached hydrogen (secondary N) is 2. The molecule has 2 N–H and O–H groups in total. The predicted molar refractivity (Wildman–Crippen MR) is 130 cm³/mol. The van der Waals surface area contributed by atoms with Crippen molar-refractivity contribution in [3.8, 4) is 5.75 Å². The summed E-state index contributed by atoms with van der Waals surface area (Å²) in [5, 5.41) is 6.61. The van der Waals surface area contributed by atoms with Crippen LogP contribution in [0, 0.1) is 5.92 Å². The van der Waals surface area contributed by atoms with E-state index in [2.05, 4.69) is 41.6 Å². The van der Waals surface area contributed by atoms with Gasteiger partial charge in [-0.25, -0.2) is 0 Å². The number of guanidine groups is 1. The van der Waals surface area contributed by atoms with Crippen LogP contribution >= 0.6 is 24.0 Å². The summed E-state index contributed by atoms with van der Waals surface area (Å²) in [6, 6.07) is 8.22. The van der Waals surface area contributed by atoms with Crippen LogP contribution < -0.4 is 15.4 Å². The molecule has 29 heavy (non-hydrogen) atoms. The van der Waals surface area contributed by atoms with Crippen molar-refractivity contribution in [2.45, 2.75) is 39.0 Å². The lowest BCUT2D eigenvalue weighted by molar-refractivity contribution is 0.0203. The summed E-state index contributed by atoms with van der Waals surface area (Å²) in [6.45, 7) is 9.88. The van der Waals surface area contributed by atoms with Gasteiger partial charge in [0.2, 0.25) is 0 Å². The van der Waals surface area contributed by atoms with Crippen molar-refractivity contribution in [3.05, 3.63) is 29.8 Å². The van der Waals surface area contributed by atoms with E-state index < -0.39 is 0 Å². The minimum absolute atomic E-state index is 0. The second kappa shape index (κ2) is 15.7. The molecule has 0 bridgehead atoms. The fraction of sp³-hybridized carbons (Fsp3) is 0.682. The van der Waals surface area contributed by atoms with Crippen molar-refractivity contribution >= 4 is 29.9 Å². The molecular weight excluding hydrogens is 481 g/mol. The number of aliphatic imine (C=N–C) groups is 1. The molecule has 0 radical (unpaired) electrons. The highest BCUT2D eigenvalue weighted by Gasteiger charge is 2.13. The third-order valence-corrected chi connectivity index (χ3v) is 4.87. The van der Waals surface area contributed by atoms with Gasteiger partial charge in [0, 0.05) is 40.0 Å². The van der Waals surface area contributed by atoms with Gasteiger partial charge in [-0.3, -0.25) is 4.99 Å². The summed E-state index contributed by atoms with van der Waals surface area (Å²) in [4.78, 5) is 4.25. The Morgan fingerprint density at radius 3 is 2.59 bits per heavy atom. The van der Waals surface area contributed by atoms with Gasteiger partial charge in [0.25, 0.3) is 0 Å². The van der Waals surface area contributed by atoms with Gasteiger partial charge >= 0.3 is 0 Å². The van der Waals surface area contributed by atoms with Crippen molar-refractivity contribution in [2.75, 3.05) is 53.2 Å². The van der Waals surface area contributed by atoms with Gasteiger partial charge in [0.1, 0.15) is 12.4 Å². The average molecular weight is 519 g/mol. The number of hydrogen-bond acceptors (Lipinski definition) is 4. The second-order valence-corrected chi connectivity index (χ2v) is 7.45. The third kappa shape index (κ3) is 10.5. The number of hydrogen-bond donors (Lipinski definition) is 2. The van der Waals surface area contributed by atoms with Gasteiger partial charge < -0.3 is 24.8 Å². The van der Waals surface area contributed by atoms with Crippen LogP contribution in [0.5, 0.6) is 5.75 Å². The molecule has 1 aliphatic heterocycles. The third-order valence-electron chi connectivity index (χ3n) is 4.87. The molecule has 0 aromatic heterocycles. The van der Waals surface area contributed by atoms with E-state index in [1.807, 2.05) is 12.1 Å². The molecule has 1 heterocycles. The average Bonchev–Trinajstić information content (AvgIpc) is 2.73. The van der Waals surface area contributed by atoms with Crippen LogP contribution in [0.2, 0.25) is 0 Å². The Morgan fingerprint density at radius 1 is 1.14 bits per heavy atom. The zero-order chi connectivity index (χ0) is 20.0. The molecule has 0 saturated carbocycles. The molecule has 2 rings (SSSR count). The molecule has 0 spiro atoms. The lowest BCUT2D eigenvalue weighted by atomic mass is 10.0. The predicted octanol–water partition coefficient (Wildman–Crippen LogP) is 3.81. The van der Waals surface area contributed by atoms with Crippen LogP contribution in [-0.2, 0) is 9.47 Å². The van der Waals surface area contributed by atoms with Crippen molar-refractivity contribution < 1.29 is 14.2 Å². The van der Waals surface area contributed by atoms with Gasteiger partial charge in [-0.1, -0.05) is 32.0 Å². The molecule has 1 aromatic carbocycles. The van der Waals surface area contributed by atoms with E-state index in [0.29, 0.717) is 25.0 Å². The van der Waals surface area contributed by atoms with Gasteiger partial charge in [-0.15, -0.1) is 24.0 Å². The van der Waals surface area contributed by atoms with E-state index in [0.717, 1.165) is 63.9 Å². The standard InChI is InChI=1S/C22H37N3O3.HI/c1-18(2)20-7-4-5-8-21(20)28-16-12-25-22(23-3)24-11-6-13-27-17-19-9-14-26-15-10-19;/h4-5,7-8,18-19H,6,9-17H2,1-3H3,(H2,23,24,25);1H. The first kappa shape index (κ1) is 26.0. The monoisotopic (exact) mass is 519 g/mol. The van der Waals surface area contributed by atoms with Crippen LogP contribution in [0.15, 0.2) is 29.3 Å². The van der Waals surface area contributed by atoms with Gasteiger partial charge in [-0.05, 0) is 42.7 Å². The lowest BCUT2D eigenvalue weighted by Gasteiger charge is -2.21. The van der Waals surface area contributed by atoms with Gasteiger partial charge in [0.05, 0.1) is 6.54 Å². The fourth-order valence-electron chi connectivity index (χ4n) is 3.18. The molecule has 6 nitrogen and oxygen atoms in total. The molecule has 0 atom stereocenters. The summed E-state index contributed by atoms with van der Waals surface area (Å²) in [5.74, 6) is 2.87. The topological polar surface area (TPSA) is 64.1 Å². The zero-order valence-corrected chi connectivity index (χ0v) is 20.4. The number of para-hydroxylation sites is 1. The Hall–Kier alpha value is -1.06. The summed E-state index contributed by atoms with van der Waals surface area (Å²) in [5.41, 5.74) is 1.24. The van der Waals surface area contributed by atoms with E-state index in [1.54, 1.807) is 7.05 Å². The van der Waals surface area contributed by atoms with Crippen LogP contribution in [0.25, 0.3) is 0 Å². The molecule has 0 amide bonds. The number of ether oxygens (including phenoxy) is 3. The van der Waals surface area contributed by atoms with Crippen molar-refractivity contribution in [1.82, 2.24) is 10.6 Å². The van der Waals surface area contributed by atoms with E-state index in [9.17, 15) is 0 Å². The molecule has 1 aliphatic rings. The maximum Gasteiger partial charge on any atom is 0.191 e. The highest BCUT2D eigenvalue weighted by Crippen LogP contribution is 2.25. The molecule has 0 aliphatic carbocycles. The lowest BCUT2D eigenvalue weighted by Crippen LogP contribution is -2.40. The zero-order valence-electron chi connectivity index (χ0n) is 18.1. The van der Waals surface area contributed by atoms with Gasteiger partial charge in [-0.2, -0.15) is 0 Å². The Kier molecular flexibility index (Phi) is 14.1. The quantitative estimate of drug-likeness (QED) is 0.202. The van der Waals surface area contributed by atoms with E-state index in [1.165, 1.54) is 5.56 Å². The first-order valence-corrected chi connectivity index (χ1v) is 10.5. The second-order valence-electron chi connectivity index (χ2n) is 7.45. The van der Waals surface area contributed by atoms with Crippen LogP contribution in [0.1, 0.15) is 44.6 Å². The van der Waals surface area contributed by atoms with Crippen molar-refractivity contribution in [2.24, 2.45) is 10.9 Å². The fourth-order valence-corrected chi connectivity index (χ4v) is 3.18. The molecular formula is C22H38IN3O3. The molecule has 166 valence electrons. The first-order chi connectivity index (χ1) is 13.7. The van der Waals surface area contributed by atoms with E-state index >= 15 is 0 Å². The summed E-state index contributed by atoms with van der Waals surface area (Å²) in [6.07, 6.45) is 3.21. The van der Waals surface area contributed by atoms with E-state index in [4.69, 9.17) is 14.2 Å². The highest BCUT2D eigenvalue weighted by molar-refractivity contribution is 14.0. The van der Waals surface area contributed by atoms with Crippen molar-refractivity contribution in [1.29, 1.82) is 0 Å². The number of rotatable bonds is 11. The van der Waals surface area contributed by atoms with Crippen LogP contribution in [0.3, 0.4) is 0 Å². The largest absolute Gasteiger partial charge is 0.491 e. The van der Waals surface area contributed by atoms with Crippen molar-refractivity contribution in [3.63, 3.8) is 0 Å². The molecule has 7 heteroatoms. The Morgan fingerprint density at radius 2 is 1.86 bits per heavy atom. The van der Waals surface area contributed by atoms with Crippen LogP contribution in [0.4, 0.5) is 0 Å². The summed E-state index contributed by atoms with van der Waals surface area (Å²) < 4.78 is 17.1. The number of nitrogens with zero attached hydrogens (tertiary/aromatic N) is 1. The molecule has 1 fully saturated rings. The minimum Gasteiger partial charge on any atom is -0.491 e. The number of halogens is 1. The normalized spacial score (nSPS) is 15.1. The molecule has 1 saturated heterocycles. The van der Waals surface area contributed by atoms with Crippen LogP contribution in [-0.4, -0.2) is 59.1 Å². The Labute approximate surface area is 193 Å². The first-order valence-electron chi connectivity index (χ1n) is 10.5. The van der Waals surface area contributed by atoms with E-state index in [-0.39, 0.29) is 24.0 Å². The smallest absolute Gasteiger partial charge is 0.191 e.